The maximum Gasteiger partial charge on any atom is 0.321 e. The molecule has 0 aliphatic rings. The highest BCUT2D eigenvalue weighted by molar-refractivity contribution is 6.31. The number of hydrogen-bond donors (Lipinski definition) is 3. The summed E-state index contributed by atoms with van der Waals surface area (Å²) in [6.45, 7) is 3.38. The zero-order chi connectivity index (χ0) is 15.3. The van der Waals surface area contributed by atoms with Gasteiger partial charge in [-0.15, -0.1) is 0 Å². The summed E-state index contributed by atoms with van der Waals surface area (Å²) in [7, 11) is 1.61. The van der Waals surface area contributed by atoms with E-state index in [1.807, 2.05) is 6.92 Å². The van der Waals surface area contributed by atoms with Gasteiger partial charge >= 0.3 is 6.03 Å². The first-order valence-corrected chi connectivity index (χ1v) is 6.70. The summed E-state index contributed by atoms with van der Waals surface area (Å²) in [5.74, 6) is 0. The highest BCUT2D eigenvalue weighted by Crippen LogP contribution is 2.23. The molecule has 0 saturated heterocycles. The summed E-state index contributed by atoms with van der Waals surface area (Å²) in [5.41, 5.74) is 0.710. The van der Waals surface area contributed by atoms with Gasteiger partial charge < -0.3 is 20.4 Å². The van der Waals surface area contributed by atoms with E-state index in [0.717, 1.165) is 5.56 Å². The lowest BCUT2D eigenvalue weighted by atomic mass is 9.92. The maximum absolute atomic E-state index is 12.1. The Balaban J connectivity index is 2.73. The molecule has 1 aromatic rings. The minimum Gasteiger partial charge on any atom is -0.396 e. The van der Waals surface area contributed by atoms with Crippen molar-refractivity contribution in [3.05, 3.63) is 28.8 Å². The first-order valence-electron chi connectivity index (χ1n) is 6.32. The molecule has 0 spiro atoms. The van der Waals surface area contributed by atoms with Crippen LogP contribution in [0.1, 0.15) is 12.5 Å². The van der Waals surface area contributed by atoms with Gasteiger partial charge in [-0.25, -0.2) is 4.79 Å². The number of anilines is 1. The van der Waals surface area contributed by atoms with Crippen molar-refractivity contribution in [3.8, 4) is 0 Å². The maximum atomic E-state index is 12.1. The molecule has 0 saturated carbocycles. The summed E-state index contributed by atoms with van der Waals surface area (Å²) in [4.78, 5) is 13.5. The van der Waals surface area contributed by atoms with E-state index in [9.17, 15) is 15.0 Å². The average Bonchev–Trinajstić information content (AvgIpc) is 2.43. The first kappa shape index (κ1) is 16.8. The van der Waals surface area contributed by atoms with Gasteiger partial charge in [-0.2, -0.15) is 0 Å². The molecule has 2 amide bonds. The third-order valence-electron chi connectivity index (χ3n) is 3.24. The molecule has 0 aliphatic carbocycles. The molecule has 0 aromatic heterocycles. The van der Waals surface area contributed by atoms with Crippen LogP contribution in [0, 0.1) is 12.3 Å². The highest BCUT2D eigenvalue weighted by Gasteiger charge is 2.26. The number of aliphatic hydroxyl groups is 2. The quantitative estimate of drug-likeness (QED) is 0.780. The van der Waals surface area contributed by atoms with Crippen LogP contribution in [0.2, 0.25) is 5.02 Å². The van der Waals surface area contributed by atoms with Gasteiger partial charge in [0.1, 0.15) is 0 Å². The largest absolute Gasteiger partial charge is 0.396 e. The number of aliphatic hydroxyl groups excluding tert-OH is 2. The molecule has 0 radical (unpaired) electrons. The van der Waals surface area contributed by atoms with Gasteiger partial charge in [-0.05, 0) is 24.6 Å². The molecule has 0 atom stereocenters. The minimum atomic E-state index is -0.727. The van der Waals surface area contributed by atoms with E-state index < -0.39 is 5.41 Å². The summed E-state index contributed by atoms with van der Waals surface area (Å²) in [6.07, 6.45) is 0. The molecule has 0 bridgehead atoms. The zero-order valence-corrected chi connectivity index (χ0v) is 12.7. The lowest BCUT2D eigenvalue weighted by molar-refractivity contribution is 0.0509. The Morgan fingerprint density at radius 2 is 2.00 bits per heavy atom. The van der Waals surface area contributed by atoms with Gasteiger partial charge in [0.15, 0.2) is 0 Å². The standard InChI is InChI=1S/C14H21ClN2O3/c1-10-11(15)5-4-6-12(10)16-13(20)17(3)7-14(2,8-18)9-19/h4-6,18-19H,7-9H2,1-3H3,(H,16,20). The molecule has 5 nitrogen and oxygen atoms in total. The number of rotatable bonds is 5. The van der Waals surface area contributed by atoms with Gasteiger partial charge in [-0.3, -0.25) is 0 Å². The number of carbonyl (C=O) groups excluding carboxylic acids is 1. The number of carbonyl (C=O) groups is 1. The van der Waals surface area contributed by atoms with Gasteiger partial charge in [-0.1, -0.05) is 24.6 Å². The lowest BCUT2D eigenvalue weighted by Crippen LogP contribution is -2.43. The molecule has 0 heterocycles. The topological polar surface area (TPSA) is 72.8 Å². The molecule has 6 heteroatoms. The summed E-state index contributed by atoms with van der Waals surface area (Å²) in [6, 6.07) is 4.97. The Labute approximate surface area is 124 Å². The summed E-state index contributed by atoms with van der Waals surface area (Å²) < 4.78 is 0. The normalized spacial score (nSPS) is 11.3. The van der Waals surface area contributed by atoms with Crippen LogP contribution in [0.4, 0.5) is 10.5 Å². The molecule has 1 aromatic carbocycles. The molecule has 20 heavy (non-hydrogen) atoms. The van der Waals surface area contributed by atoms with E-state index in [4.69, 9.17) is 11.6 Å². The van der Waals surface area contributed by atoms with Crippen LogP contribution >= 0.6 is 11.6 Å². The van der Waals surface area contributed by atoms with Crippen molar-refractivity contribution in [2.45, 2.75) is 13.8 Å². The van der Waals surface area contributed by atoms with Crippen LogP contribution in [0.5, 0.6) is 0 Å². The number of benzene rings is 1. The third kappa shape index (κ3) is 4.10. The predicted octanol–water partition coefficient (Wildman–Crippen LogP) is 2.10. The Morgan fingerprint density at radius 1 is 1.40 bits per heavy atom. The molecular weight excluding hydrogens is 280 g/mol. The fourth-order valence-electron chi connectivity index (χ4n) is 1.75. The van der Waals surface area contributed by atoms with Crippen molar-refractivity contribution < 1.29 is 15.0 Å². The highest BCUT2D eigenvalue weighted by atomic mass is 35.5. The van der Waals surface area contributed by atoms with E-state index in [-0.39, 0.29) is 25.8 Å². The van der Waals surface area contributed by atoms with Crippen LogP contribution in [-0.2, 0) is 0 Å². The van der Waals surface area contributed by atoms with E-state index >= 15 is 0 Å². The second kappa shape index (κ2) is 6.92. The number of nitrogens with zero attached hydrogens (tertiary/aromatic N) is 1. The monoisotopic (exact) mass is 300 g/mol. The number of halogens is 1. The van der Waals surface area contributed by atoms with E-state index in [1.54, 1.807) is 32.2 Å². The van der Waals surface area contributed by atoms with Crippen molar-refractivity contribution in [1.82, 2.24) is 4.90 Å². The molecule has 0 fully saturated rings. The smallest absolute Gasteiger partial charge is 0.321 e. The van der Waals surface area contributed by atoms with Gasteiger partial charge in [0.05, 0.1) is 13.2 Å². The average molecular weight is 301 g/mol. The van der Waals surface area contributed by atoms with Gasteiger partial charge in [0.2, 0.25) is 0 Å². The fourth-order valence-corrected chi connectivity index (χ4v) is 1.92. The van der Waals surface area contributed by atoms with Crippen LogP contribution in [-0.4, -0.2) is 48.0 Å². The van der Waals surface area contributed by atoms with E-state index in [0.29, 0.717) is 10.7 Å². The van der Waals surface area contributed by atoms with Gasteiger partial charge in [0, 0.05) is 29.7 Å². The van der Waals surface area contributed by atoms with Crippen LogP contribution < -0.4 is 5.32 Å². The van der Waals surface area contributed by atoms with E-state index in [2.05, 4.69) is 5.32 Å². The number of urea groups is 1. The van der Waals surface area contributed by atoms with Gasteiger partial charge in [0.25, 0.3) is 0 Å². The molecule has 1 rings (SSSR count). The third-order valence-corrected chi connectivity index (χ3v) is 3.65. The summed E-state index contributed by atoms with van der Waals surface area (Å²) in [5, 5.41) is 21.8. The van der Waals surface area contributed by atoms with Crippen molar-refractivity contribution in [2.24, 2.45) is 5.41 Å². The molecule has 0 aliphatic heterocycles. The Bertz CT molecular complexity index is 475. The first-order chi connectivity index (χ1) is 9.33. The predicted molar refractivity (Wildman–Crippen MR) is 80.1 cm³/mol. The minimum absolute atomic E-state index is 0.197. The Kier molecular flexibility index (Phi) is 5.80. The SMILES string of the molecule is Cc1c(Cl)cccc1NC(=O)N(C)CC(C)(CO)CO. The number of amides is 2. The van der Waals surface area contributed by atoms with E-state index in [1.165, 1.54) is 4.90 Å². The zero-order valence-electron chi connectivity index (χ0n) is 12.0. The number of nitrogens with one attached hydrogen (secondary N) is 1. The second-order valence-electron chi connectivity index (χ2n) is 5.33. The van der Waals surface area contributed by atoms with Crippen LogP contribution in [0.25, 0.3) is 0 Å². The molecule has 0 unspecified atom stereocenters. The second-order valence-corrected chi connectivity index (χ2v) is 5.73. The van der Waals surface area contributed by atoms with Crippen molar-refractivity contribution in [2.75, 3.05) is 32.1 Å². The van der Waals surface area contributed by atoms with Crippen molar-refractivity contribution in [1.29, 1.82) is 0 Å². The summed E-state index contributed by atoms with van der Waals surface area (Å²) >= 11 is 6.00. The Morgan fingerprint density at radius 3 is 2.55 bits per heavy atom. The van der Waals surface area contributed by atoms with Crippen LogP contribution in [0.3, 0.4) is 0 Å². The van der Waals surface area contributed by atoms with Crippen LogP contribution in [0.15, 0.2) is 18.2 Å². The lowest BCUT2D eigenvalue weighted by Gasteiger charge is -2.30. The Hall–Kier alpha value is -1.30. The van der Waals surface area contributed by atoms with Crippen molar-refractivity contribution in [3.63, 3.8) is 0 Å². The van der Waals surface area contributed by atoms with Crippen molar-refractivity contribution >= 4 is 23.3 Å². The molecule has 3 N–H and O–H groups in total. The molecule has 112 valence electrons. The molecular formula is C14H21ClN2O3. The number of hydrogen-bond acceptors (Lipinski definition) is 3. The fraction of sp³-hybridized carbons (Fsp3) is 0.500.